The van der Waals surface area contributed by atoms with Gasteiger partial charge in [-0.2, -0.15) is 0 Å². The van der Waals surface area contributed by atoms with Gasteiger partial charge in [0.15, 0.2) is 0 Å². The molecule has 0 aromatic carbocycles. The molecule has 0 aliphatic heterocycles. The molecule has 0 N–H and O–H groups in total. The fourth-order valence-corrected chi connectivity index (χ4v) is 8.16. The SMILES string of the molecule is C=CC(=O)OC1C[C@@H]2CC1C1C2[C@H]2CC(C(=O)OC3(CC)CCCCC3)[C@@H]1C2. The smallest absolute Gasteiger partial charge is 0.330 e. The Morgan fingerprint density at radius 2 is 1.71 bits per heavy atom. The van der Waals surface area contributed by atoms with E-state index in [0.29, 0.717) is 29.6 Å². The molecule has 0 spiro atoms. The summed E-state index contributed by atoms with van der Waals surface area (Å²) in [5.74, 6) is 3.43. The Morgan fingerprint density at radius 3 is 2.43 bits per heavy atom. The molecule has 4 heteroatoms. The molecule has 154 valence electrons. The number of fused-ring (bicyclic) bond motifs is 9. The van der Waals surface area contributed by atoms with Crippen LogP contribution in [0, 0.1) is 41.4 Å². The summed E-state index contributed by atoms with van der Waals surface area (Å²) in [5.41, 5.74) is -0.201. The van der Waals surface area contributed by atoms with E-state index < -0.39 is 0 Å². The van der Waals surface area contributed by atoms with E-state index in [0.717, 1.165) is 38.0 Å². The molecule has 28 heavy (non-hydrogen) atoms. The van der Waals surface area contributed by atoms with Crippen molar-refractivity contribution in [2.24, 2.45) is 41.4 Å². The van der Waals surface area contributed by atoms with Crippen LogP contribution in [0.3, 0.4) is 0 Å². The van der Waals surface area contributed by atoms with Crippen LogP contribution in [0.25, 0.3) is 0 Å². The lowest BCUT2D eigenvalue weighted by atomic mass is 9.66. The molecule has 5 saturated carbocycles. The van der Waals surface area contributed by atoms with Crippen LogP contribution < -0.4 is 0 Å². The minimum Gasteiger partial charge on any atom is -0.459 e. The topological polar surface area (TPSA) is 52.6 Å². The zero-order valence-corrected chi connectivity index (χ0v) is 17.1. The van der Waals surface area contributed by atoms with Crippen LogP contribution in [-0.4, -0.2) is 23.6 Å². The number of hydrogen-bond donors (Lipinski definition) is 0. The minimum absolute atomic E-state index is 0.0353. The van der Waals surface area contributed by atoms with Crippen molar-refractivity contribution in [1.82, 2.24) is 0 Å². The molecule has 5 rings (SSSR count). The second-order valence-electron chi connectivity index (χ2n) is 10.2. The van der Waals surface area contributed by atoms with Crippen LogP contribution in [0.15, 0.2) is 12.7 Å². The van der Waals surface area contributed by atoms with Crippen molar-refractivity contribution in [2.45, 2.75) is 82.8 Å². The lowest BCUT2D eigenvalue weighted by Crippen LogP contribution is -2.44. The van der Waals surface area contributed by atoms with Gasteiger partial charge in [0.2, 0.25) is 0 Å². The van der Waals surface area contributed by atoms with Crippen molar-refractivity contribution >= 4 is 11.9 Å². The number of rotatable bonds is 5. The summed E-state index contributed by atoms with van der Waals surface area (Å²) in [6.07, 6.45) is 12.4. The van der Waals surface area contributed by atoms with Crippen LogP contribution in [0.2, 0.25) is 0 Å². The van der Waals surface area contributed by atoms with Crippen LogP contribution in [0.5, 0.6) is 0 Å². The second kappa shape index (κ2) is 6.88. The zero-order valence-electron chi connectivity index (χ0n) is 17.1. The highest BCUT2D eigenvalue weighted by Crippen LogP contribution is 2.69. The highest BCUT2D eigenvalue weighted by Gasteiger charge is 2.66. The predicted molar refractivity (Wildman–Crippen MR) is 105 cm³/mol. The molecule has 4 bridgehead atoms. The molecule has 5 aliphatic rings. The quantitative estimate of drug-likeness (QED) is 0.391. The van der Waals surface area contributed by atoms with Crippen LogP contribution >= 0.6 is 0 Å². The summed E-state index contributed by atoms with van der Waals surface area (Å²) >= 11 is 0. The molecule has 0 aromatic heterocycles. The summed E-state index contributed by atoms with van der Waals surface area (Å²) in [5, 5.41) is 0. The van der Waals surface area contributed by atoms with Gasteiger partial charge in [-0.3, -0.25) is 4.79 Å². The molecular formula is C24H34O4. The third-order valence-electron chi connectivity index (χ3n) is 9.22. The van der Waals surface area contributed by atoms with Crippen molar-refractivity contribution in [3.8, 4) is 0 Å². The third-order valence-corrected chi connectivity index (χ3v) is 9.22. The van der Waals surface area contributed by atoms with Crippen LogP contribution in [0.1, 0.15) is 71.1 Å². The Hall–Kier alpha value is -1.32. The summed E-state index contributed by atoms with van der Waals surface area (Å²) < 4.78 is 12.0. The Kier molecular flexibility index (Phi) is 4.59. The molecule has 8 atom stereocenters. The van der Waals surface area contributed by atoms with Crippen molar-refractivity contribution in [3.05, 3.63) is 12.7 Å². The third kappa shape index (κ3) is 2.77. The number of ether oxygens (including phenoxy) is 2. The molecule has 0 heterocycles. The standard InChI is InChI=1S/C24H34O4/c1-3-20(25)27-19-13-15-12-18(19)22-16-10-14(21(15)22)11-17(16)23(26)28-24(4-2)8-6-5-7-9-24/h3,14-19,21-22H,1,4-13H2,2H3/t14-,15+,16+,17?,18?,19?,21?,22?/m1/s1. The van der Waals surface area contributed by atoms with Crippen molar-refractivity contribution < 1.29 is 19.1 Å². The van der Waals surface area contributed by atoms with Gasteiger partial charge in [-0.05, 0) is 93.3 Å². The maximum Gasteiger partial charge on any atom is 0.330 e. The minimum atomic E-state index is -0.296. The van der Waals surface area contributed by atoms with Gasteiger partial charge < -0.3 is 9.47 Å². The molecule has 4 nitrogen and oxygen atoms in total. The monoisotopic (exact) mass is 386 g/mol. The molecule has 0 aromatic rings. The number of carbonyl (C=O) groups is 2. The highest BCUT2D eigenvalue weighted by molar-refractivity contribution is 5.81. The van der Waals surface area contributed by atoms with Crippen molar-refractivity contribution in [1.29, 1.82) is 0 Å². The molecule has 5 fully saturated rings. The fraction of sp³-hybridized carbons (Fsp3) is 0.833. The summed E-state index contributed by atoms with van der Waals surface area (Å²) in [6.45, 7) is 5.71. The van der Waals surface area contributed by atoms with E-state index in [9.17, 15) is 9.59 Å². The lowest BCUT2D eigenvalue weighted by molar-refractivity contribution is -0.173. The molecule has 0 radical (unpaired) electrons. The Balaban J connectivity index is 1.29. The Labute approximate surface area is 168 Å². The van der Waals surface area contributed by atoms with E-state index in [1.54, 1.807) is 0 Å². The lowest BCUT2D eigenvalue weighted by Gasteiger charge is -2.42. The van der Waals surface area contributed by atoms with Crippen molar-refractivity contribution in [2.75, 3.05) is 0 Å². The molecule has 5 aliphatic carbocycles. The molecular weight excluding hydrogens is 352 g/mol. The van der Waals surface area contributed by atoms with E-state index in [1.165, 1.54) is 38.2 Å². The summed E-state index contributed by atoms with van der Waals surface area (Å²) in [4.78, 5) is 25.0. The van der Waals surface area contributed by atoms with Gasteiger partial charge in [-0.25, -0.2) is 4.79 Å². The van der Waals surface area contributed by atoms with Gasteiger partial charge in [0.05, 0.1) is 5.92 Å². The maximum atomic E-state index is 13.2. The van der Waals surface area contributed by atoms with E-state index in [-0.39, 0.29) is 29.6 Å². The summed E-state index contributed by atoms with van der Waals surface area (Å²) in [6, 6.07) is 0. The first-order valence-corrected chi connectivity index (χ1v) is 11.6. The average Bonchev–Trinajstić information content (AvgIpc) is 3.47. The van der Waals surface area contributed by atoms with E-state index >= 15 is 0 Å². The first-order valence-electron chi connectivity index (χ1n) is 11.6. The van der Waals surface area contributed by atoms with E-state index in [1.807, 2.05) is 0 Å². The first kappa shape index (κ1) is 18.7. The van der Waals surface area contributed by atoms with E-state index in [2.05, 4.69) is 13.5 Å². The van der Waals surface area contributed by atoms with Gasteiger partial charge in [0.25, 0.3) is 0 Å². The van der Waals surface area contributed by atoms with Gasteiger partial charge >= 0.3 is 11.9 Å². The number of esters is 2. The normalized spacial score (nSPS) is 44.9. The van der Waals surface area contributed by atoms with Gasteiger partial charge in [-0.1, -0.05) is 19.9 Å². The predicted octanol–water partition coefficient (Wildman–Crippen LogP) is 4.67. The average molecular weight is 387 g/mol. The summed E-state index contributed by atoms with van der Waals surface area (Å²) in [7, 11) is 0. The number of hydrogen-bond acceptors (Lipinski definition) is 4. The first-order chi connectivity index (χ1) is 13.5. The molecule has 5 unspecified atom stereocenters. The zero-order chi connectivity index (χ0) is 19.5. The largest absolute Gasteiger partial charge is 0.459 e. The van der Waals surface area contributed by atoms with Gasteiger partial charge in [0.1, 0.15) is 11.7 Å². The Bertz CT molecular complexity index is 664. The van der Waals surface area contributed by atoms with Crippen molar-refractivity contribution in [3.63, 3.8) is 0 Å². The van der Waals surface area contributed by atoms with Crippen LogP contribution in [-0.2, 0) is 19.1 Å². The highest BCUT2D eigenvalue weighted by atomic mass is 16.6. The second-order valence-corrected chi connectivity index (χ2v) is 10.2. The van der Waals surface area contributed by atoms with Gasteiger partial charge in [0, 0.05) is 6.08 Å². The van der Waals surface area contributed by atoms with Gasteiger partial charge in [-0.15, -0.1) is 0 Å². The van der Waals surface area contributed by atoms with E-state index in [4.69, 9.17) is 9.47 Å². The Morgan fingerprint density at radius 1 is 1.00 bits per heavy atom. The maximum absolute atomic E-state index is 13.2. The fourth-order valence-electron chi connectivity index (χ4n) is 8.16. The molecule has 0 saturated heterocycles. The number of carbonyl (C=O) groups excluding carboxylic acids is 2. The van der Waals surface area contributed by atoms with Crippen LogP contribution in [0.4, 0.5) is 0 Å². The molecule has 0 amide bonds.